The van der Waals surface area contributed by atoms with E-state index in [1.165, 1.54) is 12.1 Å². The number of benzene rings is 1. The lowest BCUT2D eigenvalue weighted by molar-refractivity contribution is -0.141. The van der Waals surface area contributed by atoms with Crippen LogP contribution in [-0.2, 0) is 11.2 Å². The molecule has 0 fully saturated rings. The number of aryl methyl sites for hydroxylation is 2. The standard InChI is InChI=1S/C19H19N3O3/c1-12-4-3-5-14(8-12)9-16(19(24)25)11-21-18(23)17-7-6-15(10-20)13(2)22-17/h3-8,16H,9,11H2,1-2H3,(H,21,23)(H,24,25). The highest BCUT2D eigenvalue weighted by Gasteiger charge is 2.20. The quantitative estimate of drug-likeness (QED) is 0.841. The van der Waals surface area contributed by atoms with E-state index in [0.717, 1.165) is 11.1 Å². The van der Waals surface area contributed by atoms with Crippen molar-refractivity contribution in [3.8, 4) is 6.07 Å². The van der Waals surface area contributed by atoms with Gasteiger partial charge in [0.15, 0.2) is 0 Å². The third-order valence-corrected chi connectivity index (χ3v) is 3.86. The first kappa shape index (κ1) is 18.1. The SMILES string of the molecule is Cc1cccc(CC(CNC(=O)c2ccc(C#N)c(C)n2)C(=O)O)c1. The molecular weight excluding hydrogens is 318 g/mol. The highest BCUT2D eigenvalue weighted by Crippen LogP contribution is 2.11. The van der Waals surface area contributed by atoms with E-state index in [1.54, 1.807) is 6.92 Å². The van der Waals surface area contributed by atoms with E-state index in [2.05, 4.69) is 10.3 Å². The fraction of sp³-hybridized carbons (Fsp3) is 0.263. The van der Waals surface area contributed by atoms with Gasteiger partial charge in [0, 0.05) is 6.54 Å². The molecule has 0 saturated heterocycles. The average Bonchev–Trinajstić information content (AvgIpc) is 2.58. The largest absolute Gasteiger partial charge is 0.481 e. The molecule has 0 spiro atoms. The van der Waals surface area contributed by atoms with Crippen molar-refractivity contribution in [2.75, 3.05) is 6.54 Å². The van der Waals surface area contributed by atoms with Gasteiger partial charge in [0.2, 0.25) is 0 Å². The number of nitrogens with one attached hydrogen (secondary N) is 1. The van der Waals surface area contributed by atoms with E-state index in [0.29, 0.717) is 17.7 Å². The number of amides is 1. The number of hydrogen-bond acceptors (Lipinski definition) is 4. The highest BCUT2D eigenvalue weighted by atomic mass is 16.4. The van der Waals surface area contributed by atoms with Gasteiger partial charge in [0.1, 0.15) is 11.8 Å². The lowest BCUT2D eigenvalue weighted by atomic mass is 9.98. The molecular formula is C19H19N3O3. The fourth-order valence-corrected chi connectivity index (χ4v) is 2.48. The Kier molecular flexibility index (Phi) is 5.85. The van der Waals surface area contributed by atoms with Crippen LogP contribution in [0, 0.1) is 31.1 Å². The second-order valence-corrected chi connectivity index (χ2v) is 5.88. The number of pyridine rings is 1. The number of nitriles is 1. The van der Waals surface area contributed by atoms with Crippen molar-refractivity contribution in [3.05, 3.63) is 64.5 Å². The van der Waals surface area contributed by atoms with Crippen LogP contribution in [0.3, 0.4) is 0 Å². The van der Waals surface area contributed by atoms with E-state index in [9.17, 15) is 14.7 Å². The first-order valence-corrected chi connectivity index (χ1v) is 7.85. The van der Waals surface area contributed by atoms with Gasteiger partial charge in [0.25, 0.3) is 5.91 Å². The van der Waals surface area contributed by atoms with E-state index >= 15 is 0 Å². The molecule has 1 atom stereocenters. The average molecular weight is 337 g/mol. The first-order chi connectivity index (χ1) is 11.9. The number of carbonyl (C=O) groups is 2. The zero-order chi connectivity index (χ0) is 18.4. The van der Waals surface area contributed by atoms with Crippen molar-refractivity contribution >= 4 is 11.9 Å². The first-order valence-electron chi connectivity index (χ1n) is 7.85. The Bertz CT molecular complexity index is 840. The van der Waals surface area contributed by atoms with Crippen molar-refractivity contribution < 1.29 is 14.7 Å². The Balaban J connectivity index is 2.03. The normalized spacial score (nSPS) is 11.4. The summed E-state index contributed by atoms with van der Waals surface area (Å²) in [5.41, 5.74) is 3.00. The highest BCUT2D eigenvalue weighted by molar-refractivity contribution is 5.92. The minimum atomic E-state index is -0.967. The maximum atomic E-state index is 12.2. The molecule has 1 aromatic carbocycles. The van der Waals surface area contributed by atoms with Gasteiger partial charge < -0.3 is 10.4 Å². The van der Waals surface area contributed by atoms with Gasteiger partial charge in [-0.3, -0.25) is 9.59 Å². The number of hydrogen-bond donors (Lipinski definition) is 2. The molecule has 0 bridgehead atoms. The van der Waals surface area contributed by atoms with E-state index < -0.39 is 17.8 Å². The van der Waals surface area contributed by atoms with E-state index in [-0.39, 0.29) is 12.2 Å². The Morgan fingerprint density at radius 2 is 2.04 bits per heavy atom. The number of rotatable bonds is 6. The van der Waals surface area contributed by atoms with Crippen molar-refractivity contribution in [1.29, 1.82) is 5.26 Å². The summed E-state index contributed by atoms with van der Waals surface area (Å²) in [7, 11) is 0. The molecule has 1 amide bonds. The Morgan fingerprint density at radius 3 is 2.64 bits per heavy atom. The van der Waals surface area contributed by atoms with Crippen molar-refractivity contribution in [1.82, 2.24) is 10.3 Å². The molecule has 0 saturated carbocycles. The van der Waals surface area contributed by atoms with Gasteiger partial charge in [-0.1, -0.05) is 29.8 Å². The summed E-state index contributed by atoms with van der Waals surface area (Å²) in [6.45, 7) is 3.59. The molecule has 2 rings (SSSR count). The van der Waals surface area contributed by atoms with Crippen LogP contribution in [0.2, 0.25) is 0 Å². The van der Waals surface area contributed by atoms with Gasteiger partial charge in [0.05, 0.1) is 17.2 Å². The predicted molar refractivity (Wildman–Crippen MR) is 92.0 cm³/mol. The smallest absolute Gasteiger partial charge is 0.308 e. The van der Waals surface area contributed by atoms with Crippen molar-refractivity contribution in [2.24, 2.45) is 5.92 Å². The molecule has 0 aliphatic heterocycles. The molecule has 1 unspecified atom stereocenters. The molecule has 25 heavy (non-hydrogen) atoms. The summed E-state index contributed by atoms with van der Waals surface area (Å²) >= 11 is 0. The zero-order valence-electron chi connectivity index (χ0n) is 14.1. The molecule has 0 aliphatic rings. The molecule has 1 heterocycles. The van der Waals surface area contributed by atoms with Crippen LogP contribution < -0.4 is 5.32 Å². The van der Waals surface area contributed by atoms with Gasteiger partial charge in [-0.25, -0.2) is 4.98 Å². The summed E-state index contributed by atoms with van der Waals surface area (Å²) in [5.74, 6) is -2.15. The molecule has 6 heteroatoms. The molecule has 0 aliphatic carbocycles. The minimum absolute atomic E-state index is 0.00282. The van der Waals surface area contributed by atoms with E-state index in [4.69, 9.17) is 5.26 Å². The number of aliphatic carboxylic acids is 1. The third-order valence-electron chi connectivity index (χ3n) is 3.86. The van der Waals surface area contributed by atoms with Crippen molar-refractivity contribution in [2.45, 2.75) is 20.3 Å². The second kappa shape index (κ2) is 8.06. The van der Waals surface area contributed by atoms with Crippen LogP contribution >= 0.6 is 0 Å². The number of nitrogens with zero attached hydrogens (tertiary/aromatic N) is 2. The Morgan fingerprint density at radius 1 is 1.28 bits per heavy atom. The molecule has 1 aromatic heterocycles. The van der Waals surface area contributed by atoms with Gasteiger partial charge in [-0.2, -0.15) is 5.26 Å². The summed E-state index contributed by atoms with van der Waals surface area (Å²) in [5, 5.41) is 20.9. The Labute approximate surface area is 146 Å². The minimum Gasteiger partial charge on any atom is -0.481 e. The van der Waals surface area contributed by atoms with Crippen LogP contribution in [0.1, 0.15) is 32.9 Å². The van der Waals surface area contributed by atoms with E-state index in [1.807, 2.05) is 37.3 Å². The lowest BCUT2D eigenvalue weighted by Crippen LogP contribution is -2.34. The molecule has 0 radical (unpaired) electrons. The number of carboxylic acid groups (broad SMARTS) is 1. The molecule has 128 valence electrons. The molecule has 2 N–H and O–H groups in total. The lowest BCUT2D eigenvalue weighted by Gasteiger charge is -2.14. The van der Waals surface area contributed by atoms with Crippen LogP contribution in [0.25, 0.3) is 0 Å². The molecule has 2 aromatic rings. The fourth-order valence-electron chi connectivity index (χ4n) is 2.48. The third kappa shape index (κ3) is 4.88. The van der Waals surface area contributed by atoms with Crippen molar-refractivity contribution in [3.63, 3.8) is 0 Å². The van der Waals surface area contributed by atoms with Gasteiger partial charge in [-0.15, -0.1) is 0 Å². The summed E-state index contributed by atoms with van der Waals surface area (Å²) < 4.78 is 0. The summed E-state index contributed by atoms with van der Waals surface area (Å²) in [4.78, 5) is 27.7. The summed E-state index contributed by atoms with van der Waals surface area (Å²) in [6.07, 6.45) is 0.330. The zero-order valence-corrected chi connectivity index (χ0v) is 14.1. The van der Waals surface area contributed by atoms with Gasteiger partial charge >= 0.3 is 5.97 Å². The molecule has 6 nitrogen and oxygen atoms in total. The Hall–Kier alpha value is -3.20. The predicted octanol–water partition coefficient (Wildman–Crippen LogP) is 2.24. The monoisotopic (exact) mass is 337 g/mol. The van der Waals surface area contributed by atoms with Crippen LogP contribution in [0.5, 0.6) is 0 Å². The maximum absolute atomic E-state index is 12.2. The maximum Gasteiger partial charge on any atom is 0.308 e. The van der Waals surface area contributed by atoms with Crippen LogP contribution in [-0.4, -0.2) is 28.5 Å². The number of aromatic nitrogens is 1. The second-order valence-electron chi connectivity index (χ2n) is 5.88. The number of carboxylic acids is 1. The van der Waals surface area contributed by atoms with Gasteiger partial charge in [-0.05, 0) is 38.0 Å². The van der Waals surface area contributed by atoms with Crippen LogP contribution in [0.15, 0.2) is 36.4 Å². The summed E-state index contributed by atoms with van der Waals surface area (Å²) in [6, 6.07) is 12.6. The van der Waals surface area contributed by atoms with Crippen LogP contribution in [0.4, 0.5) is 0 Å². The number of carbonyl (C=O) groups excluding carboxylic acids is 1. The topological polar surface area (TPSA) is 103 Å².